The molecule has 2 saturated heterocycles. The van der Waals surface area contributed by atoms with Crippen molar-refractivity contribution in [3.63, 3.8) is 0 Å². The minimum Gasteiger partial charge on any atom is -0.387 e. The monoisotopic (exact) mass is 439 g/mol. The summed E-state index contributed by atoms with van der Waals surface area (Å²) in [7, 11) is 1.49. The van der Waals surface area contributed by atoms with Crippen LogP contribution in [-0.2, 0) is 15.2 Å². The minimum absolute atomic E-state index is 0.290. The zero-order chi connectivity index (χ0) is 21.6. The molecule has 1 aromatic rings. The average Bonchev–Trinajstić information content (AvgIpc) is 3.27. The van der Waals surface area contributed by atoms with E-state index in [-0.39, 0.29) is 6.04 Å². The van der Waals surface area contributed by atoms with Crippen LogP contribution in [0.25, 0.3) is 0 Å². The maximum absolute atomic E-state index is 11.2. The Morgan fingerprint density at radius 1 is 1.37 bits per heavy atom. The van der Waals surface area contributed by atoms with Gasteiger partial charge in [-0.25, -0.2) is 9.89 Å². The molecule has 3 aliphatic rings. The summed E-state index contributed by atoms with van der Waals surface area (Å²) >= 11 is 6.10. The van der Waals surface area contributed by atoms with Crippen LogP contribution in [0.1, 0.15) is 18.1 Å². The number of amidine groups is 1. The van der Waals surface area contributed by atoms with E-state index in [0.29, 0.717) is 23.1 Å². The van der Waals surface area contributed by atoms with Gasteiger partial charge in [-0.2, -0.15) is 0 Å². The zero-order valence-corrected chi connectivity index (χ0v) is 17.6. The van der Waals surface area contributed by atoms with E-state index in [4.69, 9.17) is 21.2 Å². The number of rotatable bonds is 4. The first-order chi connectivity index (χ1) is 14.3. The number of aliphatic hydroxyl groups is 3. The van der Waals surface area contributed by atoms with Gasteiger partial charge < -0.3 is 20.1 Å². The van der Waals surface area contributed by atoms with Crippen LogP contribution in [0.15, 0.2) is 28.2 Å². The van der Waals surface area contributed by atoms with Crippen LogP contribution in [0.4, 0.5) is 0 Å². The van der Waals surface area contributed by atoms with Crippen molar-refractivity contribution in [2.75, 3.05) is 13.8 Å². The molecule has 164 valence electrons. The average molecular weight is 440 g/mol. The summed E-state index contributed by atoms with van der Waals surface area (Å²) in [6, 6.07) is 4.83. The minimum atomic E-state index is -1.56. The van der Waals surface area contributed by atoms with E-state index in [1.54, 1.807) is 30.0 Å². The molecule has 0 bridgehead atoms. The quantitative estimate of drug-likeness (QED) is 0.395. The molecule has 0 amide bonds. The van der Waals surface area contributed by atoms with Crippen LogP contribution >= 0.6 is 11.6 Å². The molecule has 0 saturated carbocycles. The van der Waals surface area contributed by atoms with Gasteiger partial charge in [0.15, 0.2) is 0 Å². The highest BCUT2D eigenvalue weighted by molar-refractivity contribution is 6.31. The molecule has 5 N–H and O–H groups in total. The highest BCUT2D eigenvalue weighted by Crippen LogP contribution is 2.39. The molecule has 7 atom stereocenters. The van der Waals surface area contributed by atoms with E-state index < -0.39 is 36.3 Å². The third-order valence-electron chi connectivity index (χ3n) is 5.91. The highest BCUT2D eigenvalue weighted by atomic mass is 35.5. The van der Waals surface area contributed by atoms with Crippen LogP contribution in [0.5, 0.6) is 0 Å². The molecule has 3 aliphatic heterocycles. The van der Waals surface area contributed by atoms with Crippen LogP contribution in [0.3, 0.4) is 0 Å². The van der Waals surface area contributed by atoms with Gasteiger partial charge in [-0.3, -0.25) is 20.6 Å². The van der Waals surface area contributed by atoms with Gasteiger partial charge >= 0.3 is 0 Å². The third kappa shape index (κ3) is 3.53. The van der Waals surface area contributed by atoms with E-state index in [9.17, 15) is 15.3 Å². The van der Waals surface area contributed by atoms with Crippen LogP contribution < -0.4 is 10.8 Å². The van der Waals surface area contributed by atoms with Crippen LogP contribution in [0, 0.1) is 6.92 Å². The van der Waals surface area contributed by atoms with Gasteiger partial charge in [0.1, 0.15) is 54.5 Å². The Hall–Kier alpha value is -1.63. The number of aliphatic hydroxyl groups excluding tert-OH is 2. The molecule has 0 aromatic heterocycles. The van der Waals surface area contributed by atoms with Crippen molar-refractivity contribution in [3.05, 3.63) is 34.3 Å². The van der Waals surface area contributed by atoms with Crippen molar-refractivity contribution in [1.29, 1.82) is 0 Å². The Labute approximate surface area is 179 Å². The molecule has 0 spiro atoms. The summed E-state index contributed by atoms with van der Waals surface area (Å²) < 4.78 is 6.04. The lowest BCUT2D eigenvalue weighted by molar-refractivity contribution is -0.154. The maximum Gasteiger partial charge on any atom is 0.148 e. The summed E-state index contributed by atoms with van der Waals surface area (Å²) in [5.41, 5.74) is 2.49. The van der Waals surface area contributed by atoms with E-state index >= 15 is 0 Å². The second-order valence-electron chi connectivity index (χ2n) is 7.89. The number of hydrogen-bond acceptors (Lipinski definition) is 10. The summed E-state index contributed by atoms with van der Waals surface area (Å²) in [6.45, 7) is 3.71. The van der Waals surface area contributed by atoms with Gasteiger partial charge in [0, 0.05) is 5.02 Å². The van der Waals surface area contributed by atoms with Crippen molar-refractivity contribution >= 4 is 23.8 Å². The van der Waals surface area contributed by atoms with E-state index in [1.807, 2.05) is 6.92 Å². The Kier molecular flexibility index (Phi) is 5.86. The number of benzene rings is 1. The summed E-state index contributed by atoms with van der Waals surface area (Å²) in [5, 5.41) is 36.6. The third-order valence-corrected chi connectivity index (χ3v) is 6.33. The van der Waals surface area contributed by atoms with Crippen LogP contribution in [-0.4, -0.2) is 82.9 Å². The van der Waals surface area contributed by atoms with Gasteiger partial charge in [-0.15, -0.1) is 0 Å². The lowest BCUT2D eigenvalue weighted by Gasteiger charge is -2.34. The molecule has 0 aliphatic carbocycles. The fourth-order valence-electron chi connectivity index (χ4n) is 4.20. The molecule has 11 heteroatoms. The Morgan fingerprint density at radius 2 is 2.13 bits per heavy atom. The molecule has 0 radical (unpaired) electrons. The summed E-state index contributed by atoms with van der Waals surface area (Å²) in [4.78, 5) is 15.3. The zero-order valence-electron chi connectivity index (χ0n) is 16.9. The maximum atomic E-state index is 11.2. The molecule has 3 heterocycles. The Bertz CT molecular complexity index is 866. The fourth-order valence-corrected chi connectivity index (χ4v) is 4.32. The smallest absolute Gasteiger partial charge is 0.148 e. The molecule has 3 unspecified atom stereocenters. The van der Waals surface area contributed by atoms with E-state index in [1.165, 1.54) is 13.4 Å². The number of aryl methyl sites for hydroxylation is 1. The number of hydrogen-bond donors (Lipinski definition) is 5. The number of halogens is 1. The number of aliphatic imine (C=N–C) groups is 2. The molecule has 2 fully saturated rings. The van der Waals surface area contributed by atoms with Gasteiger partial charge in [0.05, 0.1) is 13.8 Å². The molecular formula is C19H26ClN5O5. The van der Waals surface area contributed by atoms with Crippen molar-refractivity contribution in [3.8, 4) is 0 Å². The normalized spacial score (nSPS) is 35.8. The van der Waals surface area contributed by atoms with E-state index in [0.717, 1.165) is 5.56 Å². The number of nitrogens with zero attached hydrogens (tertiary/aromatic N) is 3. The fraction of sp³-hybridized carbons (Fsp3) is 0.579. The number of hydroxylamine groups is 1. The van der Waals surface area contributed by atoms with Gasteiger partial charge in [0.25, 0.3) is 0 Å². The predicted molar refractivity (Wildman–Crippen MR) is 110 cm³/mol. The largest absolute Gasteiger partial charge is 0.387 e. The second-order valence-corrected chi connectivity index (χ2v) is 8.30. The molecule has 30 heavy (non-hydrogen) atoms. The van der Waals surface area contributed by atoms with Crippen molar-refractivity contribution < 1.29 is 24.9 Å². The molecule has 10 nitrogen and oxygen atoms in total. The number of nitrogens with one attached hydrogen (secondary N) is 2. The molecular weight excluding hydrogens is 414 g/mol. The first-order valence-corrected chi connectivity index (χ1v) is 10.0. The van der Waals surface area contributed by atoms with Crippen LogP contribution in [0.2, 0.25) is 5.02 Å². The lowest BCUT2D eigenvalue weighted by atomic mass is 9.86. The lowest BCUT2D eigenvalue weighted by Crippen LogP contribution is -2.52. The van der Waals surface area contributed by atoms with Crippen molar-refractivity contribution in [1.82, 2.24) is 15.7 Å². The van der Waals surface area contributed by atoms with E-state index in [2.05, 4.69) is 20.8 Å². The predicted octanol–water partition coefficient (Wildman–Crippen LogP) is -0.549. The van der Waals surface area contributed by atoms with Gasteiger partial charge in [-0.05, 0) is 31.0 Å². The highest BCUT2D eigenvalue weighted by Gasteiger charge is 2.56. The molecule has 1 aromatic carbocycles. The first kappa shape index (κ1) is 21.6. The van der Waals surface area contributed by atoms with Crippen molar-refractivity contribution in [2.45, 2.75) is 56.2 Å². The first-order valence-electron chi connectivity index (χ1n) is 9.63. The van der Waals surface area contributed by atoms with Gasteiger partial charge in [-0.1, -0.05) is 23.7 Å². The number of ether oxygens (including phenoxy) is 1. The van der Waals surface area contributed by atoms with Crippen molar-refractivity contribution in [2.24, 2.45) is 9.98 Å². The number of fused-ring (bicyclic) bond motifs is 1. The summed E-state index contributed by atoms with van der Waals surface area (Å²) in [6.07, 6.45) is -3.51. The topological polar surface area (TPSA) is 131 Å². The SMILES string of the molecule is CONC1=NC=NC2C1NCN2[C@@H]1O[C@H](C(C)(O)c2ccc(Cl)c(C)c2)[C@@H](O)[C@H]1O. The summed E-state index contributed by atoms with van der Waals surface area (Å²) in [5.74, 6) is 0.549. The second kappa shape index (κ2) is 8.13. The Morgan fingerprint density at radius 3 is 2.83 bits per heavy atom. The Balaban J connectivity index is 1.56. The standard InChI is InChI=1S/C19H26ClN5O5/c1-9-6-10(4-5-11(9)20)19(2,28)15-13(26)14(27)18(30-15)25-8-23-12-16(24-29-3)21-7-22-17(12)25/h4-7,12-15,17-18,23,26-28H,8H2,1-3H3,(H,21,22,24)/t12?,13-,14+,15-,17?,18+,19?/m0/s1. The van der Waals surface area contributed by atoms with Gasteiger partial charge in [0.2, 0.25) is 0 Å². The molecule has 4 rings (SSSR count).